The largest absolute Gasteiger partial charge is 0.342 e. The van der Waals surface area contributed by atoms with Crippen molar-refractivity contribution >= 4 is 11.4 Å². The van der Waals surface area contributed by atoms with Crippen molar-refractivity contribution < 1.29 is 4.79 Å². The zero-order valence-electron chi connectivity index (χ0n) is 15.9. The van der Waals surface area contributed by atoms with Crippen LogP contribution in [-0.4, -0.2) is 46.3 Å². The van der Waals surface area contributed by atoms with Crippen molar-refractivity contribution in [2.75, 3.05) is 26.2 Å². The highest BCUT2D eigenvalue weighted by atomic mass is 16.2. The van der Waals surface area contributed by atoms with E-state index in [1.165, 1.54) is 12.8 Å². The zero-order chi connectivity index (χ0) is 18.6. The van der Waals surface area contributed by atoms with Crippen molar-refractivity contribution in [3.05, 3.63) is 41.7 Å². The smallest absolute Gasteiger partial charge is 0.225 e. The molecule has 1 amide bonds. The van der Waals surface area contributed by atoms with Crippen molar-refractivity contribution in [3.8, 4) is 6.07 Å². The molecule has 2 aromatic heterocycles. The lowest BCUT2D eigenvalue weighted by molar-refractivity contribution is -0.137. The first-order valence-electron chi connectivity index (χ1n) is 10.3. The Balaban J connectivity index is 1.37. The monoisotopic (exact) mass is 364 g/mol. The molecule has 0 atom stereocenters. The molecular formula is C22H28N4O. The standard InChI is InChI=1S/C22H28N4O/c23-15-20-19(17-26-12-6-3-7-21(20)26)16-24-13-8-18(9-14-24)22(27)25-10-4-1-2-5-11-25/h3,6-7,12,17-18H,1-2,4-5,8-11,13-14,16H2. The average molecular weight is 364 g/mol. The number of rotatable bonds is 3. The number of hydrogen-bond acceptors (Lipinski definition) is 3. The van der Waals surface area contributed by atoms with E-state index in [-0.39, 0.29) is 5.92 Å². The van der Waals surface area contributed by atoms with Crippen LogP contribution >= 0.6 is 0 Å². The van der Waals surface area contributed by atoms with Gasteiger partial charge in [0.15, 0.2) is 0 Å². The Hall–Kier alpha value is -2.32. The van der Waals surface area contributed by atoms with E-state index in [9.17, 15) is 10.1 Å². The normalized spacial score (nSPS) is 19.7. The van der Waals surface area contributed by atoms with Gasteiger partial charge in [-0.05, 0) is 50.9 Å². The summed E-state index contributed by atoms with van der Waals surface area (Å²) >= 11 is 0. The van der Waals surface area contributed by atoms with Crippen LogP contribution in [-0.2, 0) is 11.3 Å². The first kappa shape index (κ1) is 18.1. The van der Waals surface area contributed by atoms with Crippen LogP contribution in [0.1, 0.15) is 49.7 Å². The summed E-state index contributed by atoms with van der Waals surface area (Å²) in [4.78, 5) is 17.4. The number of nitriles is 1. The average Bonchev–Trinajstić information content (AvgIpc) is 2.86. The molecule has 2 fully saturated rings. The number of nitrogens with zero attached hydrogens (tertiary/aromatic N) is 4. The van der Waals surface area contributed by atoms with Gasteiger partial charge in [0.25, 0.3) is 0 Å². The van der Waals surface area contributed by atoms with E-state index in [1.807, 2.05) is 28.8 Å². The Morgan fingerprint density at radius 2 is 1.81 bits per heavy atom. The summed E-state index contributed by atoms with van der Waals surface area (Å²) in [5, 5.41) is 9.58. The van der Waals surface area contributed by atoms with Crippen molar-refractivity contribution in [2.45, 2.75) is 45.1 Å². The molecular weight excluding hydrogens is 336 g/mol. The summed E-state index contributed by atoms with van der Waals surface area (Å²) in [7, 11) is 0. The third-order valence-corrected chi connectivity index (χ3v) is 6.12. The molecule has 5 heteroatoms. The number of piperidine rings is 1. The Labute approximate surface area is 161 Å². The molecule has 0 N–H and O–H groups in total. The Morgan fingerprint density at radius 3 is 2.52 bits per heavy atom. The van der Waals surface area contributed by atoms with Crippen LogP contribution in [0.2, 0.25) is 0 Å². The summed E-state index contributed by atoms with van der Waals surface area (Å²) < 4.78 is 2.03. The number of pyridine rings is 1. The predicted molar refractivity (Wildman–Crippen MR) is 105 cm³/mol. The molecule has 2 aliphatic rings. The quantitative estimate of drug-likeness (QED) is 0.838. The van der Waals surface area contributed by atoms with E-state index in [0.717, 1.165) is 75.1 Å². The minimum Gasteiger partial charge on any atom is -0.342 e. The van der Waals surface area contributed by atoms with Gasteiger partial charge in [-0.3, -0.25) is 9.69 Å². The van der Waals surface area contributed by atoms with E-state index < -0.39 is 0 Å². The molecule has 0 saturated carbocycles. The summed E-state index contributed by atoms with van der Waals surface area (Å²) in [5.74, 6) is 0.562. The van der Waals surface area contributed by atoms with Crippen LogP contribution < -0.4 is 0 Å². The van der Waals surface area contributed by atoms with Gasteiger partial charge in [0.05, 0.1) is 11.1 Å². The van der Waals surface area contributed by atoms with Crippen LogP contribution in [0.4, 0.5) is 0 Å². The van der Waals surface area contributed by atoms with Crippen LogP contribution in [0, 0.1) is 17.2 Å². The maximum atomic E-state index is 12.8. The van der Waals surface area contributed by atoms with Gasteiger partial charge in [-0.2, -0.15) is 5.26 Å². The van der Waals surface area contributed by atoms with Crippen LogP contribution in [0.3, 0.4) is 0 Å². The molecule has 2 saturated heterocycles. The Kier molecular flexibility index (Phi) is 5.45. The third-order valence-electron chi connectivity index (χ3n) is 6.12. The van der Waals surface area contributed by atoms with E-state index in [4.69, 9.17) is 0 Å². The van der Waals surface area contributed by atoms with Crippen LogP contribution in [0.15, 0.2) is 30.6 Å². The topological polar surface area (TPSA) is 51.8 Å². The minimum absolute atomic E-state index is 0.183. The van der Waals surface area contributed by atoms with Gasteiger partial charge in [0.1, 0.15) is 6.07 Å². The third kappa shape index (κ3) is 3.86. The van der Waals surface area contributed by atoms with Crippen molar-refractivity contribution in [2.24, 2.45) is 5.92 Å². The zero-order valence-corrected chi connectivity index (χ0v) is 15.9. The number of amides is 1. The highest BCUT2D eigenvalue weighted by Gasteiger charge is 2.29. The van der Waals surface area contributed by atoms with Gasteiger partial charge in [0, 0.05) is 43.5 Å². The SMILES string of the molecule is N#Cc1c(CN2CCC(C(=O)N3CCCCCC3)CC2)cn2ccccc12. The summed E-state index contributed by atoms with van der Waals surface area (Å²) in [5.41, 5.74) is 2.83. The molecule has 2 aliphatic heterocycles. The van der Waals surface area contributed by atoms with Gasteiger partial charge in [-0.25, -0.2) is 0 Å². The minimum atomic E-state index is 0.183. The number of hydrogen-bond donors (Lipinski definition) is 0. The van der Waals surface area contributed by atoms with Gasteiger partial charge in [0.2, 0.25) is 5.91 Å². The lowest BCUT2D eigenvalue weighted by atomic mass is 9.94. The molecule has 142 valence electrons. The number of carbonyl (C=O) groups excluding carboxylic acids is 1. The maximum Gasteiger partial charge on any atom is 0.225 e. The molecule has 0 bridgehead atoms. The number of carbonyl (C=O) groups is 1. The van der Waals surface area contributed by atoms with Crippen molar-refractivity contribution in [1.29, 1.82) is 5.26 Å². The van der Waals surface area contributed by atoms with Crippen molar-refractivity contribution in [1.82, 2.24) is 14.2 Å². The molecule has 0 radical (unpaired) electrons. The summed E-state index contributed by atoms with van der Waals surface area (Å²) in [6, 6.07) is 8.33. The van der Waals surface area contributed by atoms with Crippen LogP contribution in [0.25, 0.3) is 5.52 Å². The second kappa shape index (κ2) is 8.14. The first-order valence-corrected chi connectivity index (χ1v) is 10.3. The molecule has 2 aromatic rings. The molecule has 0 aromatic carbocycles. The fourth-order valence-electron chi connectivity index (χ4n) is 4.55. The van der Waals surface area contributed by atoms with E-state index in [2.05, 4.69) is 22.1 Å². The lowest BCUT2D eigenvalue weighted by Gasteiger charge is -2.34. The van der Waals surface area contributed by atoms with E-state index in [0.29, 0.717) is 5.91 Å². The second-order valence-electron chi connectivity index (χ2n) is 7.92. The molecule has 0 spiro atoms. The summed E-state index contributed by atoms with van der Waals surface area (Å²) in [6.45, 7) is 4.54. The van der Waals surface area contributed by atoms with E-state index >= 15 is 0 Å². The Bertz CT molecular complexity index is 834. The van der Waals surface area contributed by atoms with Crippen molar-refractivity contribution in [3.63, 3.8) is 0 Å². The molecule has 4 heterocycles. The fourth-order valence-corrected chi connectivity index (χ4v) is 4.55. The van der Waals surface area contributed by atoms with Crippen LogP contribution in [0.5, 0.6) is 0 Å². The number of likely N-dealkylation sites (tertiary alicyclic amines) is 2. The van der Waals surface area contributed by atoms with Gasteiger partial charge in [-0.15, -0.1) is 0 Å². The lowest BCUT2D eigenvalue weighted by Crippen LogP contribution is -2.42. The van der Waals surface area contributed by atoms with Gasteiger partial charge in [-0.1, -0.05) is 18.9 Å². The van der Waals surface area contributed by atoms with E-state index in [1.54, 1.807) is 0 Å². The highest BCUT2D eigenvalue weighted by Crippen LogP contribution is 2.25. The molecule has 5 nitrogen and oxygen atoms in total. The number of fused-ring (bicyclic) bond motifs is 1. The highest BCUT2D eigenvalue weighted by molar-refractivity contribution is 5.79. The summed E-state index contributed by atoms with van der Waals surface area (Å²) in [6.07, 6.45) is 10.8. The molecule has 4 rings (SSSR count). The van der Waals surface area contributed by atoms with Gasteiger partial charge < -0.3 is 9.30 Å². The number of aromatic nitrogens is 1. The van der Waals surface area contributed by atoms with Gasteiger partial charge >= 0.3 is 0 Å². The fraction of sp³-hybridized carbons (Fsp3) is 0.545. The Morgan fingerprint density at radius 1 is 1.07 bits per heavy atom. The second-order valence-corrected chi connectivity index (χ2v) is 7.92. The molecule has 0 unspecified atom stereocenters. The molecule has 0 aliphatic carbocycles. The predicted octanol–water partition coefficient (Wildman–Crippen LogP) is 3.43. The maximum absolute atomic E-state index is 12.8. The molecule has 27 heavy (non-hydrogen) atoms. The first-order chi connectivity index (χ1) is 13.3.